The summed E-state index contributed by atoms with van der Waals surface area (Å²) in [7, 11) is 1.33. The second-order valence-corrected chi connectivity index (χ2v) is 7.79. The molecule has 1 unspecified atom stereocenters. The summed E-state index contributed by atoms with van der Waals surface area (Å²) in [5.41, 5.74) is -0.713. The number of rotatable bonds is 2. The van der Waals surface area contributed by atoms with Crippen molar-refractivity contribution in [2.45, 2.75) is 32.0 Å². The maximum absolute atomic E-state index is 12.7. The summed E-state index contributed by atoms with van der Waals surface area (Å²) < 4.78 is 10.5. The first-order chi connectivity index (χ1) is 13.2. The molecular weight excluding hydrogens is 364 g/mol. The smallest absolute Gasteiger partial charge is 0.410 e. The van der Waals surface area contributed by atoms with Crippen molar-refractivity contribution < 1.29 is 24.2 Å². The zero-order chi connectivity index (χ0) is 20.5. The predicted molar refractivity (Wildman–Crippen MR) is 103 cm³/mol. The summed E-state index contributed by atoms with van der Waals surface area (Å²) in [5.74, 6) is -0.460. The zero-order valence-corrected chi connectivity index (χ0v) is 16.6. The van der Waals surface area contributed by atoms with Crippen LogP contribution in [0.2, 0.25) is 0 Å². The van der Waals surface area contributed by atoms with E-state index in [0.717, 1.165) is 0 Å². The van der Waals surface area contributed by atoms with Crippen molar-refractivity contribution in [2.24, 2.45) is 0 Å². The van der Waals surface area contributed by atoms with E-state index in [1.165, 1.54) is 13.3 Å². The van der Waals surface area contributed by atoms with E-state index in [1.54, 1.807) is 23.2 Å². The minimum atomic E-state index is -1.24. The highest BCUT2D eigenvalue weighted by atomic mass is 16.6. The van der Waals surface area contributed by atoms with E-state index in [9.17, 15) is 14.7 Å². The average Bonchev–Trinajstić information content (AvgIpc) is 2.66. The summed E-state index contributed by atoms with van der Waals surface area (Å²) >= 11 is 0. The molecule has 1 atom stereocenters. The number of hydrogen-bond donors (Lipinski definition) is 2. The van der Waals surface area contributed by atoms with Crippen LogP contribution in [0.1, 0.15) is 26.3 Å². The van der Waals surface area contributed by atoms with Gasteiger partial charge in [-0.05, 0) is 32.9 Å². The van der Waals surface area contributed by atoms with Gasteiger partial charge in [0, 0.05) is 31.7 Å². The predicted octanol–water partition coefficient (Wildman–Crippen LogP) is 1.65. The van der Waals surface area contributed by atoms with Gasteiger partial charge in [-0.25, -0.2) is 9.59 Å². The molecule has 152 valence electrons. The lowest BCUT2D eigenvalue weighted by Crippen LogP contribution is -2.65. The van der Waals surface area contributed by atoms with E-state index in [1.807, 2.05) is 25.7 Å². The summed E-state index contributed by atoms with van der Waals surface area (Å²) in [6.45, 7) is 7.17. The van der Waals surface area contributed by atoms with Gasteiger partial charge in [0.2, 0.25) is 5.66 Å². The molecule has 0 bridgehead atoms. The first-order valence-electron chi connectivity index (χ1n) is 9.12. The molecule has 0 aromatic carbocycles. The molecule has 0 saturated carbocycles. The Morgan fingerprint density at radius 2 is 1.89 bits per heavy atom. The number of carbonyl (C=O) groups excluding carboxylic acids is 2. The fraction of sp³-hybridized carbons (Fsp3) is 0.526. The molecule has 1 aromatic rings. The van der Waals surface area contributed by atoms with Gasteiger partial charge in [0.1, 0.15) is 11.4 Å². The number of pyridine rings is 1. The zero-order valence-electron chi connectivity index (χ0n) is 16.6. The molecule has 2 N–H and O–H groups in total. The second-order valence-electron chi connectivity index (χ2n) is 7.79. The highest BCUT2D eigenvalue weighted by molar-refractivity contribution is 5.92. The first-order valence-corrected chi connectivity index (χ1v) is 9.12. The van der Waals surface area contributed by atoms with Gasteiger partial charge in [-0.15, -0.1) is 0 Å². The van der Waals surface area contributed by atoms with Crippen LogP contribution in [0.4, 0.5) is 10.5 Å². The minimum Gasteiger partial charge on any atom is -0.506 e. The maximum Gasteiger partial charge on any atom is 0.410 e. The Balaban J connectivity index is 1.79. The van der Waals surface area contributed by atoms with Crippen molar-refractivity contribution in [1.29, 1.82) is 0 Å². The number of anilines is 1. The topological polar surface area (TPSA) is 104 Å². The van der Waals surface area contributed by atoms with E-state index >= 15 is 0 Å². The number of carbonyl (C=O) groups is 2. The van der Waals surface area contributed by atoms with E-state index in [4.69, 9.17) is 9.47 Å². The average molecular weight is 390 g/mol. The first kappa shape index (κ1) is 19.9. The number of nitrogens with one attached hydrogen (secondary N) is 1. The van der Waals surface area contributed by atoms with E-state index < -0.39 is 17.2 Å². The molecule has 28 heavy (non-hydrogen) atoms. The van der Waals surface area contributed by atoms with Crippen LogP contribution in [0, 0.1) is 0 Å². The molecule has 0 aliphatic carbocycles. The van der Waals surface area contributed by atoms with Crippen molar-refractivity contribution in [1.82, 2.24) is 14.8 Å². The molecule has 2 aliphatic rings. The Morgan fingerprint density at radius 1 is 1.21 bits per heavy atom. The molecule has 1 saturated heterocycles. The molecular formula is C19H26N4O5. The normalized spacial score (nSPS) is 22.2. The molecule has 1 amide bonds. The van der Waals surface area contributed by atoms with Crippen LogP contribution in [0.5, 0.6) is 5.75 Å². The third-order valence-corrected chi connectivity index (χ3v) is 4.71. The van der Waals surface area contributed by atoms with E-state index in [2.05, 4.69) is 10.3 Å². The van der Waals surface area contributed by atoms with Crippen LogP contribution in [0.3, 0.4) is 0 Å². The Bertz CT molecular complexity index is 796. The van der Waals surface area contributed by atoms with Crippen molar-refractivity contribution in [3.8, 4) is 5.75 Å². The lowest BCUT2D eigenvalue weighted by molar-refractivity contribution is -0.151. The van der Waals surface area contributed by atoms with Crippen LogP contribution in [0.15, 0.2) is 18.5 Å². The van der Waals surface area contributed by atoms with Crippen molar-refractivity contribution in [2.75, 3.05) is 38.6 Å². The number of methoxy groups -OCH3 is 1. The molecule has 0 radical (unpaired) electrons. The summed E-state index contributed by atoms with van der Waals surface area (Å²) in [6, 6.07) is 0. The van der Waals surface area contributed by atoms with Crippen LogP contribution in [-0.4, -0.2) is 76.5 Å². The molecule has 1 fully saturated rings. The third kappa shape index (κ3) is 3.75. The summed E-state index contributed by atoms with van der Waals surface area (Å²) in [6.07, 6.45) is 5.87. The van der Waals surface area contributed by atoms with Crippen LogP contribution in [0.25, 0.3) is 6.08 Å². The van der Waals surface area contributed by atoms with Gasteiger partial charge in [-0.1, -0.05) is 0 Å². The van der Waals surface area contributed by atoms with Crippen LogP contribution >= 0.6 is 0 Å². The lowest BCUT2D eigenvalue weighted by Gasteiger charge is -2.46. The van der Waals surface area contributed by atoms with Gasteiger partial charge in [-0.2, -0.15) is 0 Å². The number of fused-ring (bicyclic) bond motifs is 1. The maximum atomic E-state index is 12.7. The molecule has 2 aliphatic heterocycles. The molecule has 3 heterocycles. The highest BCUT2D eigenvalue weighted by Crippen LogP contribution is 2.35. The van der Waals surface area contributed by atoms with Crippen molar-refractivity contribution in [3.63, 3.8) is 0 Å². The van der Waals surface area contributed by atoms with Crippen LogP contribution < -0.4 is 5.32 Å². The van der Waals surface area contributed by atoms with Gasteiger partial charge >= 0.3 is 12.1 Å². The van der Waals surface area contributed by atoms with Gasteiger partial charge in [-0.3, -0.25) is 9.88 Å². The largest absolute Gasteiger partial charge is 0.506 e. The van der Waals surface area contributed by atoms with Crippen LogP contribution in [-0.2, 0) is 14.3 Å². The Kier molecular flexibility index (Phi) is 5.20. The third-order valence-electron chi connectivity index (χ3n) is 4.71. The molecule has 3 rings (SSSR count). The number of esters is 1. The standard InChI is InChI=1S/C19H26N4O5/c1-18(2,3)28-17(26)22-7-9-23(10-8-22)19(16(25)27-4)6-5-13-14(21-19)11-20-12-15(13)24/h5-6,11-12,21,24H,7-10H2,1-4H3. The van der Waals surface area contributed by atoms with Gasteiger partial charge < -0.3 is 24.8 Å². The number of nitrogens with zero attached hydrogens (tertiary/aromatic N) is 3. The number of ether oxygens (including phenoxy) is 2. The Labute approximate surface area is 163 Å². The number of aromatic nitrogens is 1. The van der Waals surface area contributed by atoms with Gasteiger partial charge in [0.05, 0.1) is 25.2 Å². The summed E-state index contributed by atoms with van der Waals surface area (Å²) in [4.78, 5) is 32.5. The summed E-state index contributed by atoms with van der Waals surface area (Å²) in [5, 5.41) is 13.1. The lowest BCUT2D eigenvalue weighted by atomic mass is 9.98. The minimum absolute atomic E-state index is 0.0226. The van der Waals surface area contributed by atoms with Gasteiger partial charge in [0.15, 0.2) is 0 Å². The highest BCUT2D eigenvalue weighted by Gasteiger charge is 2.47. The van der Waals surface area contributed by atoms with E-state index in [-0.39, 0.29) is 11.8 Å². The Hall–Kier alpha value is -2.81. The number of aromatic hydroxyl groups is 1. The molecule has 1 aromatic heterocycles. The molecule has 9 heteroatoms. The Morgan fingerprint density at radius 3 is 2.50 bits per heavy atom. The van der Waals surface area contributed by atoms with Gasteiger partial charge in [0.25, 0.3) is 0 Å². The number of amides is 1. The van der Waals surface area contributed by atoms with Crippen molar-refractivity contribution in [3.05, 3.63) is 24.0 Å². The SMILES string of the molecule is COC(=O)C1(N2CCN(C(=O)OC(C)(C)C)CC2)C=Cc2c(O)cncc2N1. The van der Waals surface area contributed by atoms with Crippen molar-refractivity contribution >= 4 is 23.8 Å². The monoisotopic (exact) mass is 390 g/mol. The number of piperazine rings is 1. The quantitative estimate of drug-likeness (QED) is 0.735. The fourth-order valence-electron chi connectivity index (χ4n) is 3.34. The molecule has 0 spiro atoms. The van der Waals surface area contributed by atoms with E-state index in [0.29, 0.717) is 37.4 Å². The second kappa shape index (κ2) is 7.31. The molecule has 9 nitrogen and oxygen atoms in total. The number of hydrogen-bond acceptors (Lipinski definition) is 8. The fourth-order valence-corrected chi connectivity index (χ4v) is 3.34.